The molecule has 22 heavy (non-hydrogen) atoms. The molecule has 0 radical (unpaired) electrons. The molecule has 1 amide bonds. The van der Waals surface area contributed by atoms with Crippen molar-refractivity contribution in [2.45, 2.75) is 6.92 Å². The van der Waals surface area contributed by atoms with Crippen LogP contribution in [0.5, 0.6) is 5.75 Å². The minimum atomic E-state index is -1.18. The molecule has 114 valence electrons. The number of anilines is 1. The second kappa shape index (κ2) is 7.37. The summed E-state index contributed by atoms with van der Waals surface area (Å²) in [6.45, 7) is 2.53. The van der Waals surface area contributed by atoms with Gasteiger partial charge in [0, 0.05) is 23.1 Å². The van der Waals surface area contributed by atoms with Gasteiger partial charge in [-0.1, -0.05) is 0 Å². The molecule has 1 aromatic heterocycles. The quantitative estimate of drug-likeness (QED) is 0.800. The van der Waals surface area contributed by atoms with Gasteiger partial charge in [0.15, 0.2) is 5.13 Å². The Balaban J connectivity index is 2.04. The van der Waals surface area contributed by atoms with Gasteiger partial charge in [0.25, 0.3) is 0 Å². The third kappa shape index (κ3) is 4.42. The Morgan fingerprint density at radius 1 is 1.32 bits per heavy atom. The van der Waals surface area contributed by atoms with Gasteiger partial charge in [0.05, 0.1) is 12.3 Å². The zero-order chi connectivity index (χ0) is 15.9. The van der Waals surface area contributed by atoms with Crippen molar-refractivity contribution in [3.63, 3.8) is 0 Å². The van der Waals surface area contributed by atoms with Crippen molar-refractivity contribution in [3.8, 4) is 17.0 Å². The van der Waals surface area contributed by atoms with Crippen LogP contribution in [0.15, 0.2) is 41.8 Å². The van der Waals surface area contributed by atoms with Gasteiger partial charge >= 0.3 is 5.97 Å². The Hall–Kier alpha value is -2.67. The first-order valence-corrected chi connectivity index (χ1v) is 7.37. The van der Waals surface area contributed by atoms with Gasteiger partial charge in [0.2, 0.25) is 5.91 Å². The number of carboxylic acid groups (broad SMARTS) is 1. The maximum absolute atomic E-state index is 11.5. The molecule has 2 aromatic rings. The molecule has 2 N–H and O–H groups in total. The third-order valence-corrected chi connectivity index (χ3v) is 3.33. The van der Waals surface area contributed by atoms with Crippen LogP contribution < -0.4 is 10.1 Å². The zero-order valence-corrected chi connectivity index (χ0v) is 12.6. The highest BCUT2D eigenvalue weighted by Gasteiger charge is 2.07. The zero-order valence-electron chi connectivity index (χ0n) is 11.8. The monoisotopic (exact) mass is 318 g/mol. The fraction of sp³-hybridized carbons (Fsp3) is 0.133. The van der Waals surface area contributed by atoms with Gasteiger partial charge < -0.3 is 9.84 Å². The van der Waals surface area contributed by atoms with E-state index in [0.717, 1.165) is 29.2 Å². The minimum absolute atomic E-state index is 0.406. The number of hydrogen-bond acceptors (Lipinski definition) is 5. The predicted octanol–water partition coefficient (Wildman–Crippen LogP) is 2.79. The van der Waals surface area contributed by atoms with Crippen molar-refractivity contribution < 1.29 is 19.4 Å². The summed E-state index contributed by atoms with van der Waals surface area (Å²) in [7, 11) is 0. The lowest BCUT2D eigenvalue weighted by Gasteiger charge is -2.03. The lowest BCUT2D eigenvalue weighted by Crippen LogP contribution is -2.08. The van der Waals surface area contributed by atoms with Gasteiger partial charge in [-0.15, -0.1) is 11.3 Å². The molecule has 0 spiro atoms. The number of hydrogen-bond donors (Lipinski definition) is 2. The molecule has 0 atom stereocenters. The first-order chi connectivity index (χ1) is 10.6. The molecule has 7 heteroatoms. The third-order valence-electron chi connectivity index (χ3n) is 2.57. The summed E-state index contributed by atoms with van der Waals surface area (Å²) < 4.78 is 5.37. The number of carbonyl (C=O) groups is 2. The van der Waals surface area contributed by atoms with E-state index in [0.29, 0.717) is 11.7 Å². The largest absolute Gasteiger partial charge is 0.494 e. The molecule has 0 aliphatic heterocycles. The second-order valence-corrected chi connectivity index (χ2v) is 5.01. The highest BCUT2D eigenvalue weighted by molar-refractivity contribution is 7.14. The number of carbonyl (C=O) groups excluding carboxylic acids is 1. The number of nitrogens with zero attached hydrogens (tertiary/aromatic N) is 1. The van der Waals surface area contributed by atoms with Crippen molar-refractivity contribution in [2.24, 2.45) is 0 Å². The Labute approximate surface area is 131 Å². The summed E-state index contributed by atoms with van der Waals surface area (Å²) in [5, 5.41) is 13.2. The summed E-state index contributed by atoms with van der Waals surface area (Å²) in [5.74, 6) is -0.923. The summed E-state index contributed by atoms with van der Waals surface area (Å²) >= 11 is 1.27. The molecule has 1 heterocycles. The average Bonchev–Trinajstić information content (AvgIpc) is 2.95. The van der Waals surface area contributed by atoms with Crippen molar-refractivity contribution in [3.05, 3.63) is 41.8 Å². The number of nitrogens with one attached hydrogen (secondary N) is 1. The smallest absolute Gasteiger partial charge is 0.328 e. The first kappa shape index (κ1) is 15.7. The van der Waals surface area contributed by atoms with Crippen LogP contribution in [0.2, 0.25) is 0 Å². The lowest BCUT2D eigenvalue weighted by atomic mass is 10.2. The fourth-order valence-electron chi connectivity index (χ4n) is 1.65. The van der Waals surface area contributed by atoms with Crippen LogP contribution >= 0.6 is 11.3 Å². The SMILES string of the molecule is CCOc1ccc(-c2csc(NC(=O)C=CC(=O)O)n2)cc1. The summed E-state index contributed by atoms with van der Waals surface area (Å²) in [4.78, 5) is 26.1. The number of thiazole rings is 1. The lowest BCUT2D eigenvalue weighted by molar-refractivity contribution is -0.131. The van der Waals surface area contributed by atoms with Crippen molar-refractivity contribution in [2.75, 3.05) is 11.9 Å². The Bertz CT molecular complexity index is 692. The molecule has 2 rings (SSSR count). The Morgan fingerprint density at radius 3 is 2.68 bits per heavy atom. The van der Waals surface area contributed by atoms with Gasteiger partial charge in [-0.05, 0) is 31.2 Å². The molecule has 0 fully saturated rings. The molecular weight excluding hydrogens is 304 g/mol. The van der Waals surface area contributed by atoms with E-state index < -0.39 is 11.9 Å². The number of carboxylic acids is 1. The summed E-state index contributed by atoms with van der Waals surface area (Å²) in [6, 6.07) is 7.48. The van der Waals surface area contributed by atoms with Crippen LogP contribution in [0.25, 0.3) is 11.3 Å². The van der Waals surface area contributed by atoms with E-state index in [9.17, 15) is 9.59 Å². The van der Waals surface area contributed by atoms with E-state index >= 15 is 0 Å². The van der Waals surface area contributed by atoms with Crippen LogP contribution in [0.4, 0.5) is 5.13 Å². The average molecular weight is 318 g/mol. The molecular formula is C15H14N2O4S. The Morgan fingerprint density at radius 2 is 2.05 bits per heavy atom. The first-order valence-electron chi connectivity index (χ1n) is 6.49. The van der Waals surface area contributed by atoms with E-state index in [-0.39, 0.29) is 0 Å². The molecule has 0 aliphatic rings. The van der Waals surface area contributed by atoms with Crippen LogP contribution in [0, 0.1) is 0 Å². The van der Waals surface area contributed by atoms with Crippen LogP contribution in [-0.2, 0) is 9.59 Å². The number of amides is 1. The minimum Gasteiger partial charge on any atom is -0.494 e. The van der Waals surface area contributed by atoms with Crippen LogP contribution in [0.3, 0.4) is 0 Å². The van der Waals surface area contributed by atoms with Crippen molar-refractivity contribution >= 4 is 28.3 Å². The topological polar surface area (TPSA) is 88.5 Å². The molecule has 0 saturated heterocycles. The summed E-state index contributed by atoms with van der Waals surface area (Å²) in [5.41, 5.74) is 1.63. The van der Waals surface area contributed by atoms with E-state index in [4.69, 9.17) is 9.84 Å². The number of benzene rings is 1. The highest BCUT2D eigenvalue weighted by atomic mass is 32.1. The molecule has 0 bridgehead atoms. The maximum atomic E-state index is 11.5. The van der Waals surface area contributed by atoms with E-state index in [1.165, 1.54) is 11.3 Å². The van der Waals surface area contributed by atoms with Crippen molar-refractivity contribution in [1.29, 1.82) is 0 Å². The van der Waals surface area contributed by atoms with Crippen LogP contribution in [-0.4, -0.2) is 28.6 Å². The van der Waals surface area contributed by atoms with Crippen molar-refractivity contribution in [1.82, 2.24) is 4.98 Å². The standard InChI is InChI=1S/C15H14N2O4S/c1-2-21-11-5-3-10(4-6-11)12-9-22-15(16-12)17-13(18)7-8-14(19)20/h3-9H,2H2,1H3,(H,19,20)(H,16,17,18). The molecule has 0 saturated carbocycles. The predicted molar refractivity (Wildman–Crippen MR) is 84.1 cm³/mol. The van der Waals surface area contributed by atoms with Gasteiger partial charge in [-0.3, -0.25) is 10.1 Å². The highest BCUT2D eigenvalue weighted by Crippen LogP contribution is 2.26. The van der Waals surface area contributed by atoms with Gasteiger partial charge in [-0.25, -0.2) is 9.78 Å². The van der Waals surface area contributed by atoms with Gasteiger partial charge in [0.1, 0.15) is 5.75 Å². The molecule has 0 unspecified atom stereocenters. The Kier molecular flexibility index (Phi) is 5.26. The van der Waals surface area contributed by atoms with Gasteiger partial charge in [-0.2, -0.15) is 0 Å². The fourth-order valence-corrected chi connectivity index (χ4v) is 2.37. The number of aromatic nitrogens is 1. The molecule has 6 nitrogen and oxygen atoms in total. The number of rotatable bonds is 6. The van der Waals surface area contributed by atoms with E-state index in [1.807, 2.05) is 36.6 Å². The normalized spacial score (nSPS) is 10.6. The second-order valence-electron chi connectivity index (χ2n) is 4.16. The van der Waals surface area contributed by atoms with E-state index in [2.05, 4.69) is 10.3 Å². The van der Waals surface area contributed by atoms with E-state index in [1.54, 1.807) is 0 Å². The van der Waals surface area contributed by atoms with Crippen LogP contribution in [0.1, 0.15) is 6.92 Å². The molecule has 0 aliphatic carbocycles. The molecule has 1 aromatic carbocycles. The summed E-state index contributed by atoms with van der Waals surface area (Å²) in [6.07, 6.45) is 1.72. The number of aliphatic carboxylic acids is 1. The maximum Gasteiger partial charge on any atom is 0.328 e. The number of ether oxygens (including phenoxy) is 1.